The molecule has 0 radical (unpaired) electrons. The van der Waals surface area contributed by atoms with Crippen LogP contribution in [0.25, 0.3) is 0 Å². The van der Waals surface area contributed by atoms with Crippen molar-refractivity contribution in [3.8, 4) is 0 Å². The number of carbonyl (C=O) groups excluding carboxylic acids is 1. The molecule has 0 amide bonds. The Labute approximate surface area is 113 Å². The summed E-state index contributed by atoms with van der Waals surface area (Å²) < 4.78 is 13.7. The molecule has 0 aliphatic carbocycles. The third kappa shape index (κ3) is 2.76. The number of hydrogen-bond donors (Lipinski definition) is 1. The van der Waals surface area contributed by atoms with Crippen LogP contribution in [0.4, 0.5) is 10.1 Å². The van der Waals surface area contributed by atoms with Crippen molar-refractivity contribution in [3.63, 3.8) is 0 Å². The van der Waals surface area contributed by atoms with E-state index in [1.807, 2.05) is 0 Å². The molecule has 92 valence electrons. The van der Waals surface area contributed by atoms with Crippen LogP contribution in [0.5, 0.6) is 0 Å². The van der Waals surface area contributed by atoms with Gasteiger partial charge < -0.3 is 5.73 Å². The minimum atomic E-state index is -0.368. The van der Waals surface area contributed by atoms with Crippen LogP contribution in [0, 0.1) is 5.82 Å². The van der Waals surface area contributed by atoms with E-state index in [4.69, 9.17) is 5.73 Å². The number of halogens is 2. The third-order valence-corrected chi connectivity index (χ3v) is 3.48. The molecule has 18 heavy (non-hydrogen) atoms. The smallest absolute Gasteiger partial charge is 0.167 e. The summed E-state index contributed by atoms with van der Waals surface area (Å²) in [5.41, 5.74) is 7.32. The average Bonchev–Trinajstić information content (AvgIpc) is 2.35. The summed E-state index contributed by atoms with van der Waals surface area (Å²) in [5.74, 6) is -0.457. The minimum absolute atomic E-state index is 0.0893. The molecule has 0 bridgehead atoms. The molecule has 0 atom stereocenters. The molecular weight excluding hydrogens is 297 g/mol. The van der Waals surface area contributed by atoms with Crippen molar-refractivity contribution in [1.82, 2.24) is 0 Å². The normalized spacial score (nSPS) is 10.3. The molecule has 0 spiro atoms. The summed E-state index contributed by atoms with van der Waals surface area (Å²) in [6.07, 6.45) is 0.141. The first-order valence-corrected chi connectivity index (χ1v) is 6.19. The van der Waals surface area contributed by atoms with Crippen LogP contribution in [-0.4, -0.2) is 5.78 Å². The Morgan fingerprint density at radius 3 is 2.67 bits per heavy atom. The Morgan fingerprint density at radius 2 is 1.94 bits per heavy atom. The summed E-state index contributed by atoms with van der Waals surface area (Å²) in [6, 6.07) is 11.4. The Kier molecular flexibility index (Phi) is 3.77. The molecule has 0 aromatic heterocycles. The van der Waals surface area contributed by atoms with Crippen LogP contribution in [0.3, 0.4) is 0 Å². The van der Waals surface area contributed by atoms with E-state index in [0.717, 1.165) is 0 Å². The first-order chi connectivity index (χ1) is 8.58. The van der Waals surface area contributed by atoms with Crippen LogP contribution in [0.1, 0.15) is 15.9 Å². The zero-order valence-electron chi connectivity index (χ0n) is 9.49. The molecule has 0 saturated heterocycles. The van der Waals surface area contributed by atoms with Gasteiger partial charge in [0.25, 0.3) is 0 Å². The van der Waals surface area contributed by atoms with E-state index in [2.05, 4.69) is 15.9 Å². The molecule has 2 N–H and O–H groups in total. The van der Waals surface area contributed by atoms with Crippen molar-refractivity contribution >= 4 is 27.4 Å². The number of benzene rings is 2. The van der Waals surface area contributed by atoms with Gasteiger partial charge in [-0.2, -0.15) is 0 Å². The van der Waals surface area contributed by atoms with E-state index >= 15 is 0 Å². The van der Waals surface area contributed by atoms with Crippen molar-refractivity contribution in [2.24, 2.45) is 0 Å². The van der Waals surface area contributed by atoms with Gasteiger partial charge in [0.05, 0.1) is 4.47 Å². The van der Waals surface area contributed by atoms with Gasteiger partial charge in [0.1, 0.15) is 5.82 Å². The highest BCUT2D eigenvalue weighted by molar-refractivity contribution is 9.10. The second kappa shape index (κ2) is 5.31. The molecule has 0 aliphatic rings. The quantitative estimate of drug-likeness (QED) is 0.695. The monoisotopic (exact) mass is 307 g/mol. The summed E-state index contributed by atoms with van der Waals surface area (Å²) >= 11 is 3.14. The fraction of sp³-hybridized carbons (Fsp3) is 0.0714. The second-order valence-corrected chi connectivity index (χ2v) is 4.73. The van der Waals surface area contributed by atoms with E-state index in [-0.39, 0.29) is 18.0 Å². The van der Waals surface area contributed by atoms with E-state index in [1.54, 1.807) is 36.4 Å². The lowest BCUT2D eigenvalue weighted by atomic mass is 10.0. The summed E-state index contributed by atoms with van der Waals surface area (Å²) in [7, 11) is 0. The Hall–Kier alpha value is -1.68. The zero-order chi connectivity index (χ0) is 13.1. The Balaban J connectivity index is 2.24. The van der Waals surface area contributed by atoms with Crippen molar-refractivity contribution in [2.75, 3.05) is 5.73 Å². The summed E-state index contributed by atoms with van der Waals surface area (Å²) in [5, 5.41) is 0. The topological polar surface area (TPSA) is 43.1 Å². The van der Waals surface area contributed by atoms with Gasteiger partial charge in [-0.15, -0.1) is 0 Å². The van der Waals surface area contributed by atoms with E-state index in [0.29, 0.717) is 21.3 Å². The predicted octanol–water partition coefficient (Wildman–Crippen LogP) is 3.60. The number of rotatable bonds is 3. The number of hydrogen-bond acceptors (Lipinski definition) is 2. The van der Waals surface area contributed by atoms with Gasteiger partial charge in [-0.05, 0) is 39.7 Å². The molecule has 2 aromatic carbocycles. The Morgan fingerprint density at radius 1 is 1.22 bits per heavy atom. The van der Waals surface area contributed by atoms with Gasteiger partial charge in [0, 0.05) is 17.7 Å². The fourth-order valence-electron chi connectivity index (χ4n) is 1.67. The van der Waals surface area contributed by atoms with Crippen molar-refractivity contribution in [2.45, 2.75) is 6.42 Å². The molecule has 2 aromatic rings. The van der Waals surface area contributed by atoms with Gasteiger partial charge in [0.2, 0.25) is 0 Å². The van der Waals surface area contributed by atoms with Crippen LogP contribution in [-0.2, 0) is 6.42 Å². The second-order valence-electron chi connectivity index (χ2n) is 3.94. The maximum atomic E-state index is 13.3. The SMILES string of the molecule is Nc1cccc(C(=O)Cc2cccc(F)c2Br)c1. The van der Waals surface area contributed by atoms with Gasteiger partial charge in [-0.1, -0.05) is 24.3 Å². The zero-order valence-corrected chi connectivity index (χ0v) is 11.1. The van der Waals surface area contributed by atoms with Gasteiger partial charge in [-0.25, -0.2) is 4.39 Å². The highest BCUT2D eigenvalue weighted by Crippen LogP contribution is 2.22. The minimum Gasteiger partial charge on any atom is -0.399 e. The van der Waals surface area contributed by atoms with Crippen molar-refractivity contribution in [1.29, 1.82) is 0 Å². The first-order valence-electron chi connectivity index (χ1n) is 5.39. The van der Waals surface area contributed by atoms with Crippen LogP contribution >= 0.6 is 15.9 Å². The van der Waals surface area contributed by atoms with Gasteiger partial charge >= 0.3 is 0 Å². The predicted molar refractivity (Wildman–Crippen MR) is 73.0 cm³/mol. The van der Waals surface area contributed by atoms with Crippen LogP contribution in [0.2, 0.25) is 0 Å². The Bertz CT molecular complexity index is 598. The first kappa shape index (κ1) is 12.8. The van der Waals surface area contributed by atoms with Crippen molar-refractivity contribution < 1.29 is 9.18 Å². The molecule has 2 nitrogen and oxygen atoms in total. The summed E-state index contributed by atoms with van der Waals surface area (Å²) in [4.78, 5) is 12.0. The molecule has 0 saturated carbocycles. The molecule has 0 unspecified atom stereocenters. The van der Waals surface area contributed by atoms with Crippen molar-refractivity contribution in [3.05, 3.63) is 63.9 Å². The number of ketones is 1. The lowest BCUT2D eigenvalue weighted by Crippen LogP contribution is -2.05. The molecule has 0 heterocycles. The maximum Gasteiger partial charge on any atom is 0.167 e. The maximum absolute atomic E-state index is 13.3. The average molecular weight is 308 g/mol. The molecule has 2 rings (SSSR count). The molecular formula is C14H11BrFNO. The fourth-order valence-corrected chi connectivity index (χ4v) is 2.08. The lowest BCUT2D eigenvalue weighted by molar-refractivity contribution is 0.0993. The van der Waals surface area contributed by atoms with E-state index < -0.39 is 0 Å². The van der Waals surface area contributed by atoms with E-state index in [9.17, 15) is 9.18 Å². The van der Waals surface area contributed by atoms with Gasteiger partial charge in [0.15, 0.2) is 5.78 Å². The molecule has 4 heteroatoms. The lowest BCUT2D eigenvalue weighted by Gasteiger charge is -2.05. The summed E-state index contributed by atoms with van der Waals surface area (Å²) in [6.45, 7) is 0. The highest BCUT2D eigenvalue weighted by Gasteiger charge is 2.11. The molecule has 0 fully saturated rings. The largest absolute Gasteiger partial charge is 0.399 e. The third-order valence-electron chi connectivity index (χ3n) is 2.59. The van der Waals surface area contributed by atoms with Crippen LogP contribution in [0.15, 0.2) is 46.9 Å². The van der Waals surface area contributed by atoms with Crippen LogP contribution < -0.4 is 5.73 Å². The number of Topliss-reactive ketones (excluding diaryl/α,β-unsaturated/α-hetero) is 1. The van der Waals surface area contributed by atoms with E-state index in [1.165, 1.54) is 6.07 Å². The number of nitrogen functional groups attached to an aromatic ring is 1. The van der Waals surface area contributed by atoms with Gasteiger partial charge in [-0.3, -0.25) is 4.79 Å². The molecule has 0 aliphatic heterocycles. The number of nitrogens with two attached hydrogens (primary N) is 1. The standard InChI is InChI=1S/C14H11BrFNO/c15-14-10(4-2-6-12(14)16)8-13(18)9-3-1-5-11(17)7-9/h1-7H,8,17H2. The number of carbonyl (C=O) groups is 1. The highest BCUT2D eigenvalue weighted by atomic mass is 79.9. The number of anilines is 1.